The molecule has 2 saturated carbocycles. The van der Waals surface area contributed by atoms with Crippen LogP contribution in [0.2, 0.25) is 0 Å². The van der Waals surface area contributed by atoms with Crippen LogP contribution in [-0.4, -0.2) is 72.9 Å². The number of aliphatic hydroxyl groups excluding tert-OH is 1. The molecule has 2 heterocycles. The van der Waals surface area contributed by atoms with E-state index in [1.165, 1.54) is 25.7 Å². The minimum Gasteiger partial charge on any atom is -0.392 e. The molecule has 0 radical (unpaired) electrons. The number of nitrogens with zero attached hydrogens (tertiary/aromatic N) is 2. The van der Waals surface area contributed by atoms with Crippen LogP contribution in [0.3, 0.4) is 0 Å². The van der Waals surface area contributed by atoms with Crippen molar-refractivity contribution in [3.05, 3.63) is 0 Å². The predicted molar refractivity (Wildman–Crippen MR) is 96.2 cm³/mol. The molecule has 1 amide bonds. The third kappa shape index (κ3) is 3.24. The van der Waals surface area contributed by atoms with Crippen molar-refractivity contribution in [1.82, 2.24) is 9.80 Å². The summed E-state index contributed by atoms with van der Waals surface area (Å²) in [6.07, 6.45) is 9.90. The number of hydrogen-bond acceptors (Lipinski definition) is 4. The fourth-order valence-electron chi connectivity index (χ4n) is 5.68. The molecule has 0 aromatic carbocycles. The van der Waals surface area contributed by atoms with Gasteiger partial charge in [0.05, 0.1) is 18.1 Å². The maximum atomic E-state index is 13.1. The number of aliphatic hydroxyl groups is 1. The van der Waals surface area contributed by atoms with Gasteiger partial charge in [0, 0.05) is 44.7 Å². The van der Waals surface area contributed by atoms with Gasteiger partial charge in [-0.05, 0) is 44.9 Å². The summed E-state index contributed by atoms with van der Waals surface area (Å²) in [7, 11) is 1.69. The summed E-state index contributed by atoms with van der Waals surface area (Å²) in [5.41, 5.74) is -0.365. The van der Waals surface area contributed by atoms with E-state index in [0.717, 1.165) is 58.3 Å². The zero-order chi connectivity index (χ0) is 17.5. The molecule has 4 rings (SSSR count). The van der Waals surface area contributed by atoms with Crippen molar-refractivity contribution in [2.75, 3.05) is 39.9 Å². The van der Waals surface area contributed by atoms with Crippen LogP contribution in [0, 0.1) is 10.8 Å². The molecule has 0 aromatic rings. The zero-order valence-corrected chi connectivity index (χ0v) is 15.7. The average molecular weight is 351 g/mol. The molecule has 25 heavy (non-hydrogen) atoms. The van der Waals surface area contributed by atoms with Gasteiger partial charge in [-0.2, -0.15) is 0 Å². The van der Waals surface area contributed by atoms with Crippen molar-refractivity contribution >= 4 is 5.91 Å². The topological polar surface area (TPSA) is 53.0 Å². The molecule has 0 aromatic heterocycles. The largest absolute Gasteiger partial charge is 0.392 e. The minimum absolute atomic E-state index is 0.113. The van der Waals surface area contributed by atoms with Crippen molar-refractivity contribution in [3.63, 3.8) is 0 Å². The first-order valence-electron chi connectivity index (χ1n) is 10.3. The lowest BCUT2D eigenvalue weighted by Gasteiger charge is -2.52. The van der Waals surface area contributed by atoms with E-state index in [2.05, 4.69) is 9.80 Å². The van der Waals surface area contributed by atoms with Crippen LogP contribution in [0.15, 0.2) is 0 Å². The van der Waals surface area contributed by atoms with E-state index in [9.17, 15) is 9.90 Å². The lowest BCUT2D eigenvalue weighted by atomic mass is 9.71. The van der Waals surface area contributed by atoms with E-state index in [4.69, 9.17) is 4.74 Å². The highest BCUT2D eigenvalue weighted by Gasteiger charge is 2.54. The Balaban J connectivity index is 1.47. The molecule has 1 N–H and O–H groups in total. The summed E-state index contributed by atoms with van der Waals surface area (Å²) in [4.78, 5) is 17.8. The van der Waals surface area contributed by atoms with E-state index in [1.54, 1.807) is 7.11 Å². The molecule has 0 bridgehead atoms. The van der Waals surface area contributed by atoms with Crippen molar-refractivity contribution in [2.24, 2.45) is 10.8 Å². The zero-order valence-electron chi connectivity index (χ0n) is 15.7. The lowest BCUT2D eigenvalue weighted by Crippen LogP contribution is -2.61. The van der Waals surface area contributed by atoms with E-state index in [0.29, 0.717) is 12.6 Å². The molecular weight excluding hydrogens is 316 g/mol. The summed E-state index contributed by atoms with van der Waals surface area (Å²) < 4.78 is 5.32. The second-order valence-corrected chi connectivity index (χ2v) is 9.12. The van der Waals surface area contributed by atoms with Gasteiger partial charge in [-0.25, -0.2) is 0 Å². The lowest BCUT2D eigenvalue weighted by molar-refractivity contribution is -0.149. The normalized spacial score (nSPS) is 36.1. The van der Waals surface area contributed by atoms with E-state index < -0.39 is 0 Å². The number of methoxy groups -OCH3 is 1. The molecular formula is C20H34N2O3. The summed E-state index contributed by atoms with van der Waals surface area (Å²) >= 11 is 0. The van der Waals surface area contributed by atoms with Crippen LogP contribution in [-0.2, 0) is 9.53 Å². The fourth-order valence-corrected chi connectivity index (χ4v) is 5.68. The highest BCUT2D eigenvalue weighted by molar-refractivity contribution is 5.85. The van der Waals surface area contributed by atoms with E-state index >= 15 is 0 Å². The number of rotatable bonds is 4. The molecule has 4 aliphatic rings. The molecule has 5 heteroatoms. The monoisotopic (exact) mass is 350 g/mol. The minimum atomic E-state index is -0.265. The molecule has 2 saturated heterocycles. The Bertz CT molecular complexity index is 501. The molecule has 2 atom stereocenters. The summed E-state index contributed by atoms with van der Waals surface area (Å²) in [5, 5.41) is 10.9. The molecule has 1 spiro atoms. The number of carbonyl (C=O) groups is 1. The first-order valence-corrected chi connectivity index (χ1v) is 10.3. The Hall–Kier alpha value is -0.650. The van der Waals surface area contributed by atoms with Crippen molar-refractivity contribution in [1.29, 1.82) is 0 Å². The first-order chi connectivity index (χ1) is 12.1. The first kappa shape index (κ1) is 17.7. The number of likely N-dealkylation sites (tertiary alicyclic amines) is 2. The number of piperidine rings is 2. The highest BCUT2D eigenvalue weighted by Crippen LogP contribution is 2.49. The van der Waals surface area contributed by atoms with Crippen LogP contribution >= 0.6 is 0 Å². The van der Waals surface area contributed by atoms with Crippen LogP contribution in [0.5, 0.6) is 0 Å². The standard InChI is InChI=1S/C20H34N2O3/c1-25-15-19(9-10-19)18(24)22-11-4-8-20(14-22)13-21(12-7-17(20)23)16-5-2-3-6-16/h16-17,23H,2-15H2,1H3/t17-,20-/m1/s1. The van der Waals surface area contributed by atoms with Gasteiger partial charge in [0.1, 0.15) is 0 Å². The van der Waals surface area contributed by atoms with Crippen LogP contribution in [0.4, 0.5) is 0 Å². The van der Waals surface area contributed by atoms with Gasteiger partial charge in [0.15, 0.2) is 0 Å². The summed E-state index contributed by atoms with van der Waals surface area (Å²) in [5.74, 6) is 0.276. The Kier molecular flexibility index (Phi) is 4.84. The predicted octanol–water partition coefficient (Wildman–Crippen LogP) is 2.03. The van der Waals surface area contributed by atoms with Crippen molar-refractivity contribution < 1.29 is 14.6 Å². The van der Waals surface area contributed by atoms with E-state index in [1.807, 2.05) is 0 Å². The third-order valence-electron chi connectivity index (χ3n) is 7.38. The Labute approximate surface area is 151 Å². The van der Waals surface area contributed by atoms with Gasteiger partial charge in [-0.15, -0.1) is 0 Å². The Morgan fingerprint density at radius 1 is 1.08 bits per heavy atom. The Morgan fingerprint density at radius 2 is 1.84 bits per heavy atom. The fraction of sp³-hybridized carbons (Fsp3) is 0.950. The second kappa shape index (κ2) is 6.82. The van der Waals surface area contributed by atoms with Gasteiger partial charge in [0.25, 0.3) is 0 Å². The number of hydrogen-bond donors (Lipinski definition) is 1. The van der Waals surface area contributed by atoms with Crippen LogP contribution in [0.25, 0.3) is 0 Å². The highest BCUT2D eigenvalue weighted by atomic mass is 16.5. The molecule has 5 nitrogen and oxygen atoms in total. The van der Waals surface area contributed by atoms with Gasteiger partial charge < -0.3 is 14.7 Å². The average Bonchev–Trinajstić information content (AvgIpc) is 3.19. The molecule has 2 aliphatic heterocycles. The summed E-state index contributed by atoms with van der Waals surface area (Å²) in [6.45, 7) is 4.13. The molecule has 4 fully saturated rings. The smallest absolute Gasteiger partial charge is 0.231 e. The number of amides is 1. The second-order valence-electron chi connectivity index (χ2n) is 9.12. The summed E-state index contributed by atoms with van der Waals surface area (Å²) in [6, 6.07) is 0.707. The van der Waals surface area contributed by atoms with Gasteiger partial charge in [-0.1, -0.05) is 12.8 Å². The SMILES string of the molecule is COCC1(C(=O)N2CCC[C@]3(C2)CN(C2CCCC2)CC[C@H]3O)CC1. The van der Waals surface area contributed by atoms with Crippen molar-refractivity contribution in [3.8, 4) is 0 Å². The number of ether oxygens (including phenoxy) is 1. The number of carbonyl (C=O) groups excluding carboxylic acids is 1. The van der Waals surface area contributed by atoms with Crippen LogP contribution < -0.4 is 0 Å². The van der Waals surface area contributed by atoms with Crippen molar-refractivity contribution in [2.45, 2.75) is 69.9 Å². The van der Waals surface area contributed by atoms with E-state index in [-0.39, 0.29) is 22.8 Å². The molecule has 142 valence electrons. The maximum absolute atomic E-state index is 13.1. The van der Waals surface area contributed by atoms with Gasteiger partial charge >= 0.3 is 0 Å². The molecule has 2 aliphatic carbocycles. The quantitative estimate of drug-likeness (QED) is 0.843. The van der Waals surface area contributed by atoms with Crippen LogP contribution in [0.1, 0.15) is 57.8 Å². The Morgan fingerprint density at radius 3 is 2.52 bits per heavy atom. The van der Waals surface area contributed by atoms with Gasteiger partial charge in [-0.3, -0.25) is 9.69 Å². The molecule has 0 unspecified atom stereocenters. The van der Waals surface area contributed by atoms with Gasteiger partial charge in [0.2, 0.25) is 5.91 Å². The maximum Gasteiger partial charge on any atom is 0.231 e. The third-order valence-corrected chi connectivity index (χ3v) is 7.38.